The molecule has 0 radical (unpaired) electrons. The Hall–Kier alpha value is 0.237. The molecule has 3 nitrogen and oxygen atoms in total. The fourth-order valence-electron chi connectivity index (χ4n) is 0.866. The van der Waals surface area contributed by atoms with Gasteiger partial charge < -0.3 is 0 Å². The Morgan fingerprint density at radius 1 is 1.09 bits per heavy atom. The predicted molar refractivity (Wildman–Crippen MR) is 50.6 cm³/mol. The van der Waals surface area contributed by atoms with Gasteiger partial charge in [-0.15, -0.1) is 9.79 Å². The largest absolute Gasteiger partial charge is 0.692 e. The molecule has 0 aromatic carbocycles. The van der Waals surface area contributed by atoms with Crippen LogP contribution in [-0.4, -0.2) is 18.6 Å². The molecular weight excluding hydrogens is 179 g/mol. The summed E-state index contributed by atoms with van der Waals surface area (Å²) in [5.74, 6) is 0. The van der Waals surface area contributed by atoms with E-state index in [4.69, 9.17) is 14.4 Å². The van der Waals surface area contributed by atoms with E-state index in [1.807, 2.05) is 0 Å². The fourth-order valence-corrected chi connectivity index (χ4v) is 2.60. The molecule has 0 aromatic rings. The van der Waals surface area contributed by atoms with Gasteiger partial charge in [-0.2, -0.15) is 0 Å². The summed E-state index contributed by atoms with van der Waals surface area (Å²) in [5, 5.41) is 0. The summed E-state index contributed by atoms with van der Waals surface area (Å²) in [6, 6.07) is 4.48. The highest BCUT2D eigenvalue weighted by molar-refractivity contribution is 7.30. The molecule has 11 heavy (non-hydrogen) atoms. The zero-order valence-electron chi connectivity index (χ0n) is 7.45. The maximum atomic E-state index is 8.70. The molecule has 0 aliphatic carbocycles. The molecule has 68 valence electrons. The van der Waals surface area contributed by atoms with Crippen molar-refractivity contribution < 1.29 is 14.4 Å². The van der Waals surface area contributed by atoms with Gasteiger partial charge >= 0.3 is 8.25 Å². The molecule has 0 bridgehead atoms. The van der Waals surface area contributed by atoms with Crippen LogP contribution in [0.3, 0.4) is 0 Å². The van der Waals surface area contributed by atoms with Crippen molar-refractivity contribution in [1.82, 2.24) is 0 Å². The SMILES string of the molecule is CC[SiH](CC)CC.O=[P+](O)O. The van der Waals surface area contributed by atoms with Crippen molar-refractivity contribution in [1.29, 1.82) is 0 Å². The zero-order chi connectivity index (χ0) is 9.28. The molecular formula is C6H18O3PSi+. The average molecular weight is 197 g/mol. The van der Waals surface area contributed by atoms with Crippen molar-refractivity contribution in [2.24, 2.45) is 0 Å². The highest BCUT2D eigenvalue weighted by Crippen LogP contribution is 2.01. The summed E-state index contributed by atoms with van der Waals surface area (Å²) >= 11 is 0. The first kappa shape index (κ1) is 13.8. The minimum absolute atomic E-state index is 0.171. The third-order valence-electron chi connectivity index (χ3n) is 1.73. The smallest absolute Gasteiger partial charge is 0.134 e. The highest BCUT2D eigenvalue weighted by atomic mass is 31.1. The van der Waals surface area contributed by atoms with E-state index in [9.17, 15) is 0 Å². The van der Waals surface area contributed by atoms with Gasteiger partial charge in [0.1, 0.15) is 0 Å². The van der Waals surface area contributed by atoms with E-state index >= 15 is 0 Å². The zero-order valence-corrected chi connectivity index (χ0v) is 9.50. The standard InChI is InChI=1S/C6H16Si.HO3P/c1-4-7(5-2)6-3;1-4(2)3/h7H,4-6H2,1-3H3;(H-,1,2,3)/p+1. The van der Waals surface area contributed by atoms with E-state index in [2.05, 4.69) is 20.8 Å². The summed E-state index contributed by atoms with van der Waals surface area (Å²) in [6.45, 7) is 6.97. The lowest BCUT2D eigenvalue weighted by atomic mass is 10.9. The quantitative estimate of drug-likeness (QED) is 0.536. The second-order valence-corrected chi connectivity index (χ2v) is 7.03. The molecule has 0 fully saturated rings. The lowest BCUT2D eigenvalue weighted by molar-refractivity contribution is 0.405. The second-order valence-electron chi connectivity index (χ2n) is 2.34. The van der Waals surface area contributed by atoms with Crippen LogP contribution in [0.5, 0.6) is 0 Å². The summed E-state index contributed by atoms with van der Waals surface area (Å²) < 4.78 is 8.70. The van der Waals surface area contributed by atoms with Crippen LogP contribution in [0.4, 0.5) is 0 Å². The molecule has 0 heterocycles. The van der Waals surface area contributed by atoms with Crippen LogP contribution in [0.1, 0.15) is 20.8 Å². The molecule has 0 unspecified atom stereocenters. The fraction of sp³-hybridized carbons (Fsp3) is 1.00. The summed E-state index contributed by atoms with van der Waals surface area (Å²) in [4.78, 5) is 14.2. The lowest BCUT2D eigenvalue weighted by Crippen LogP contribution is -2.04. The van der Waals surface area contributed by atoms with Crippen molar-refractivity contribution in [2.75, 3.05) is 0 Å². The van der Waals surface area contributed by atoms with Gasteiger partial charge in [0.25, 0.3) is 0 Å². The third-order valence-corrected chi connectivity index (χ3v) is 5.20. The van der Waals surface area contributed by atoms with E-state index in [1.54, 1.807) is 0 Å². The minimum atomic E-state index is -2.87. The maximum absolute atomic E-state index is 8.70. The van der Waals surface area contributed by atoms with Crippen molar-refractivity contribution >= 4 is 17.1 Å². The molecule has 0 saturated carbocycles. The van der Waals surface area contributed by atoms with Gasteiger partial charge in [0.15, 0.2) is 0 Å². The topological polar surface area (TPSA) is 57.5 Å². The van der Waals surface area contributed by atoms with E-state index in [0.29, 0.717) is 0 Å². The van der Waals surface area contributed by atoms with Crippen molar-refractivity contribution in [3.05, 3.63) is 0 Å². The Morgan fingerprint density at radius 3 is 1.27 bits per heavy atom. The molecule has 0 aliphatic heterocycles. The van der Waals surface area contributed by atoms with Gasteiger partial charge in [0, 0.05) is 13.4 Å². The summed E-state index contributed by atoms with van der Waals surface area (Å²) in [5.41, 5.74) is 0. The van der Waals surface area contributed by atoms with Crippen molar-refractivity contribution in [3.8, 4) is 0 Å². The van der Waals surface area contributed by atoms with Crippen LogP contribution in [0.15, 0.2) is 0 Å². The molecule has 0 saturated heterocycles. The van der Waals surface area contributed by atoms with Crippen LogP contribution in [0.2, 0.25) is 18.1 Å². The lowest BCUT2D eigenvalue weighted by Gasteiger charge is -2.03. The maximum Gasteiger partial charge on any atom is 0.692 e. The second kappa shape index (κ2) is 10.2. The van der Waals surface area contributed by atoms with Crippen LogP contribution in [-0.2, 0) is 4.57 Å². The number of hydrogen-bond donors (Lipinski definition) is 2. The van der Waals surface area contributed by atoms with Gasteiger partial charge in [-0.3, -0.25) is 0 Å². The van der Waals surface area contributed by atoms with Gasteiger partial charge in [0.05, 0.1) is 0 Å². The Balaban J connectivity index is 0. The Morgan fingerprint density at radius 2 is 1.27 bits per heavy atom. The molecule has 0 rings (SSSR count). The van der Waals surface area contributed by atoms with Gasteiger partial charge in [-0.1, -0.05) is 38.9 Å². The Kier molecular flexibility index (Phi) is 12.8. The first-order chi connectivity index (χ1) is 5.08. The molecule has 2 N–H and O–H groups in total. The molecule has 0 amide bonds. The molecule has 0 spiro atoms. The van der Waals surface area contributed by atoms with Crippen molar-refractivity contribution in [2.45, 2.75) is 38.9 Å². The Bertz CT molecular complexity index is 86.3. The molecule has 5 heteroatoms. The monoisotopic (exact) mass is 197 g/mol. The van der Waals surface area contributed by atoms with E-state index < -0.39 is 8.25 Å². The predicted octanol–water partition coefficient (Wildman–Crippen LogP) is 1.90. The van der Waals surface area contributed by atoms with Gasteiger partial charge in [-0.25, -0.2) is 0 Å². The average Bonchev–Trinajstić information content (AvgIpc) is 1.90. The van der Waals surface area contributed by atoms with E-state index in [1.165, 1.54) is 18.1 Å². The minimum Gasteiger partial charge on any atom is -0.134 e. The molecule has 0 aromatic heterocycles. The molecule has 0 aliphatic rings. The molecule has 0 atom stereocenters. The van der Waals surface area contributed by atoms with Crippen LogP contribution in [0.25, 0.3) is 0 Å². The van der Waals surface area contributed by atoms with Crippen molar-refractivity contribution in [3.63, 3.8) is 0 Å². The van der Waals surface area contributed by atoms with Crippen LogP contribution < -0.4 is 0 Å². The summed E-state index contributed by atoms with van der Waals surface area (Å²) in [6.07, 6.45) is 0. The number of rotatable bonds is 3. The third kappa shape index (κ3) is 17.9. The first-order valence-corrected chi connectivity index (χ1v) is 7.54. The van der Waals surface area contributed by atoms with E-state index in [0.717, 1.165) is 0 Å². The van der Waals surface area contributed by atoms with Crippen LogP contribution in [0, 0.1) is 0 Å². The first-order valence-electron chi connectivity index (χ1n) is 3.93. The number of hydrogen-bond acceptors (Lipinski definition) is 1. The van der Waals surface area contributed by atoms with Gasteiger partial charge in [0.2, 0.25) is 0 Å². The summed E-state index contributed by atoms with van der Waals surface area (Å²) in [7, 11) is -3.04. The van der Waals surface area contributed by atoms with Crippen LogP contribution >= 0.6 is 8.25 Å². The van der Waals surface area contributed by atoms with E-state index in [-0.39, 0.29) is 8.80 Å². The highest BCUT2D eigenvalue weighted by Gasteiger charge is 1.98. The normalized spacial score (nSPS) is 8.91. The Labute approximate surface area is 71.0 Å². The van der Waals surface area contributed by atoms with Gasteiger partial charge in [-0.05, 0) is 0 Å².